The molecule has 2 N–H and O–H groups in total. The Kier molecular flexibility index (Phi) is 7.02. The maximum Gasteiger partial charge on any atom is 0.231 e. The summed E-state index contributed by atoms with van der Waals surface area (Å²) in [6, 6.07) is 17.1. The fourth-order valence-electron chi connectivity index (χ4n) is 2.60. The van der Waals surface area contributed by atoms with E-state index in [0.717, 1.165) is 11.1 Å². The van der Waals surface area contributed by atoms with Gasteiger partial charge in [-0.1, -0.05) is 42.5 Å². The number of guanidine groups is 1. The first kappa shape index (κ1) is 21.0. The Labute approximate surface area is 164 Å². The summed E-state index contributed by atoms with van der Waals surface area (Å²) in [5, 5.41) is 0. The van der Waals surface area contributed by atoms with Crippen LogP contribution in [0.5, 0.6) is 0 Å². The van der Waals surface area contributed by atoms with Crippen LogP contribution in [0.2, 0.25) is 0 Å². The predicted octanol–water partition coefficient (Wildman–Crippen LogP) is 4.52. The Bertz CT molecular complexity index is 803. The van der Waals surface area contributed by atoms with Crippen molar-refractivity contribution in [3.8, 4) is 0 Å². The van der Waals surface area contributed by atoms with Gasteiger partial charge in [-0.05, 0) is 43.4 Å². The van der Waals surface area contributed by atoms with Gasteiger partial charge in [0.1, 0.15) is 5.67 Å². The molecule has 0 bridgehead atoms. The molecule has 0 spiro atoms. The largest absolute Gasteiger partial charge is 0.369 e. The summed E-state index contributed by atoms with van der Waals surface area (Å²) in [7, 11) is 1.65. The zero-order valence-corrected chi connectivity index (χ0v) is 17.0. The Morgan fingerprint density at radius 1 is 1.19 bits per heavy atom. The molecule has 0 aliphatic carbocycles. The van der Waals surface area contributed by atoms with Crippen molar-refractivity contribution in [3.63, 3.8) is 0 Å². The van der Waals surface area contributed by atoms with E-state index in [1.165, 1.54) is 9.80 Å². The van der Waals surface area contributed by atoms with Crippen molar-refractivity contribution in [1.82, 2.24) is 4.90 Å². The monoisotopic (exact) mass is 387 g/mol. The van der Waals surface area contributed by atoms with Crippen LogP contribution in [0.1, 0.15) is 37.4 Å². The van der Waals surface area contributed by atoms with Crippen molar-refractivity contribution in [3.05, 3.63) is 65.7 Å². The molecule has 0 radical (unpaired) electrons. The Morgan fingerprint density at radius 3 is 2.37 bits per heavy atom. The number of alkyl halides is 1. The minimum Gasteiger partial charge on any atom is -0.369 e. The predicted molar refractivity (Wildman–Crippen MR) is 111 cm³/mol. The van der Waals surface area contributed by atoms with Crippen LogP contribution in [-0.2, 0) is 10.5 Å². The zero-order chi connectivity index (χ0) is 20.0. The van der Waals surface area contributed by atoms with Crippen LogP contribution in [0.15, 0.2) is 64.5 Å². The summed E-state index contributed by atoms with van der Waals surface area (Å²) in [5.74, 6) is 0.304. The van der Waals surface area contributed by atoms with Gasteiger partial charge in [0.2, 0.25) is 5.91 Å². The highest BCUT2D eigenvalue weighted by molar-refractivity contribution is 7.98. The molecule has 0 fully saturated rings. The third-order valence-corrected chi connectivity index (χ3v) is 5.04. The standard InChI is InChI=1S/C12H15N3OS.C9H11F/c1-15-11(16)7-10(14-12(15)13)8-4-3-5-9(6-8)17-2;1-9(2,10)8-6-4-3-5-7-8/h3-6,10H,7H2,1-2H3,(H2,13,14);3-7H,1-2H3. The summed E-state index contributed by atoms with van der Waals surface area (Å²) in [6.45, 7) is 3.12. The smallest absolute Gasteiger partial charge is 0.231 e. The molecule has 1 atom stereocenters. The molecular formula is C21H26FN3OS. The minimum absolute atomic E-state index is 0.0112. The second-order valence-electron chi connectivity index (χ2n) is 6.78. The van der Waals surface area contributed by atoms with Gasteiger partial charge >= 0.3 is 0 Å². The molecule has 1 unspecified atom stereocenters. The number of amides is 1. The SMILES string of the molecule is CC(C)(F)c1ccccc1.CSc1cccc(C2CC(=O)N(C)C(N)=N2)c1. The van der Waals surface area contributed by atoms with Crippen LogP contribution < -0.4 is 5.73 Å². The van der Waals surface area contributed by atoms with E-state index in [4.69, 9.17) is 5.73 Å². The number of halogens is 1. The second-order valence-corrected chi connectivity index (χ2v) is 7.65. The van der Waals surface area contributed by atoms with Gasteiger partial charge in [-0.2, -0.15) is 0 Å². The summed E-state index contributed by atoms with van der Waals surface area (Å²) >= 11 is 1.67. The lowest BCUT2D eigenvalue weighted by atomic mass is 10.0. The quantitative estimate of drug-likeness (QED) is 0.788. The molecular weight excluding hydrogens is 361 g/mol. The van der Waals surface area contributed by atoms with E-state index >= 15 is 0 Å². The highest BCUT2D eigenvalue weighted by Crippen LogP contribution is 2.28. The second kappa shape index (κ2) is 9.04. The number of nitrogens with zero attached hydrogens (tertiary/aromatic N) is 2. The van der Waals surface area contributed by atoms with Crippen LogP contribution in [0, 0.1) is 0 Å². The first-order valence-electron chi connectivity index (χ1n) is 8.70. The van der Waals surface area contributed by atoms with Crippen LogP contribution in [0.4, 0.5) is 4.39 Å². The van der Waals surface area contributed by atoms with Crippen molar-refractivity contribution < 1.29 is 9.18 Å². The number of carbonyl (C=O) groups excluding carboxylic acids is 1. The Hall–Kier alpha value is -2.34. The number of nitrogens with two attached hydrogens (primary N) is 1. The van der Waals surface area contributed by atoms with Gasteiger partial charge in [0.05, 0.1) is 12.5 Å². The molecule has 6 heteroatoms. The number of aliphatic imine (C=N–C) groups is 1. The van der Waals surface area contributed by atoms with Crippen molar-refractivity contribution in [2.45, 2.75) is 36.9 Å². The first-order chi connectivity index (χ1) is 12.7. The fraction of sp³-hybridized carbons (Fsp3) is 0.333. The van der Waals surface area contributed by atoms with Gasteiger partial charge in [0.25, 0.3) is 0 Å². The van der Waals surface area contributed by atoms with E-state index in [1.54, 1.807) is 44.8 Å². The van der Waals surface area contributed by atoms with Crippen molar-refractivity contribution >= 4 is 23.6 Å². The fourth-order valence-corrected chi connectivity index (χ4v) is 3.07. The van der Waals surface area contributed by atoms with Gasteiger partial charge in [-0.3, -0.25) is 9.69 Å². The molecule has 2 aromatic carbocycles. The molecule has 0 aromatic heterocycles. The molecule has 1 aliphatic heterocycles. The molecule has 1 heterocycles. The minimum atomic E-state index is -1.21. The average molecular weight is 388 g/mol. The van der Waals surface area contributed by atoms with E-state index in [-0.39, 0.29) is 11.9 Å². The number of hydrogen-bond acceptors (Lipinski definition) is 4. The highest BCUT2D eigenvalue weighted by Gasteiger charge is 2.25. The number of rotatable bonds is 3. The van der Waals surface area contributed by atoms with Crippen molar-refractivity contribution in [2.75, 3.05) is 13.3 Å². The third-order valence-electron chi connectivity index (χ3n) is 4.31. The molecule has 144 valence electrons. The van der Waals surface area contributed by atoms with Gasteiger partial charge in [0, 0.05) is 11.9 Å². The van der Waals surface area contributed by atoms with E-state index < -0.39 is 5.67 Å². The van der Waals surface area contributed by atoms with E-state index in [2.05, 4.69) is 11.1 Å². The number of thioether (sulfide) groups is 1. The molecule has 0 saturated carbocycles. The number of benzene rings is 2. The molecule has 0 saturated heterocycles. The van der Waals surface area contributed by atoms with Gasteiger partial charge < -0.3 is 5.73 Å². The summed E-state index contributed by atoms with van der Waals surface area (Å²) in [5.41, 5.74) is 6.28. The van der Waals surface area contributed by atoms with Crippen LogP contribution in [-0.4, -0.2) is 30.1 Å². The van der Waals surface area contributed by atoms with Crippen molar-refractivity contribution in [2.24, 2.45) is 10.7 Å². The maximum absolute atomic E-state index is 13.1. The summed E-state index contributed by atoms with van der Waals surface area (Å²) in [6.07, 6.45) is 2.41. The number of hydrogen-bond donors (Lipinski definition) is 1. The third kappa shape index (κ3) is 5.82. The average Bonchev–Trinajstić information content (AvgIpc) is 2.66. The molecule has 3 rings (SSSR count). The molecule has 4 nitrogen and oxygen atoms in total. The molecule has 1 amide bonds. The van der Waals surface area contributed by atoms with Crippen LogP contribution in [0.3, 0.4) is 0 Å². The van der Waals surface area contributed by atoms with E-state index in [0.29, 0.717) is 12.4 Å². The van der Waals surface area contributed by atoms with E-state index in [9.17, 15) is 9.18 Å². The molecule has 2 aromatic rings. The Morgan fingerprint density at radius 2 is 1.85 bits per heavy atom. The topological polar surface area (TPSA) is 58.7 Å². The number of carbonyl (C=O) groups is 1. The summed E-state index contributed by atoms with van der Waals surface area (Å²) in [4.78, 5) is 18.6. The lowest BCUT2D eigenvalue weighted by Gasteiger charge is -2.25. The maximum atomic E-state index is 13.1. The molecule has 1 aliphatic rings. The highest BCUT2D eigenvalue weighted by atomic mass is 32.2. The normalized spacial score (nSPS) is 17.1. The Balaban J connectivity index is 0.000000223. The lowest BCUT2D eigenvalue weighted by Crippen LogP contribution is -2.42. The van der Waals surface area contributed by atoms with Gasteiger partial charge in [-0.15, -0.1) is 11.8 Å². The van der Waals surface area contributed by atoms with Gasteiger partial charge in [-0.25, -0.2) is 9.38 Å². The van der Waals surface area contributed by atoms with Gasteiger partial charge in [0.15, 0.2) is 5.96 Å². The van der Waals surface area contributed by atoms with E-state index in [1.807, 2.05) is 42.7 Å². The van der Waals surface area contributed by atoms with Crippen LogP contribution in [0.25, 0.3) is 0 Å². The van der Waals surface area contributed by atoms with Crippen molar-refractivity contribution in [1.29, 1.82) is 0 Å². The summed E-state index contributed by atoms with van der Waals surface area (Å²) < 4.78 is 13.1. The van der Waals surface area contributed by atoms with Crippen LogP contribution >= 0.6 is 11.8 Å². The molecule has 27 heavy (non-hydrogen) atoms. The first-order valence-corrected chi connectivity index (χ1v) is 9.93. The lowest BCUT2D eigenvalue weighted by molar-refractivity contribution is -0.127. The zero-order valence-electron chi connectivity index (χ0n) is 16.1.